The number of halogens is 2. The van der Waals surface area contributed by atoms with E-state index < -0.39 is 6.10 Å². The second-order valence-electron chi connectivity index (χ2n) is 4.72. The summed E-state index contributed by atoms with van der Waals surface area (Å²) in [6, 6.07) is 7.15. The quantitative estimate of drug-likeness (QED) is 0.862. The second-order valence-corrected chi connectivity index (χ2v) is 5.56. The van der Waals surface area contributed by atoms with Crippen molar-refractivity contribution in [3.05, 3.63) is 52.3 Å². The largest absolute Gasteiger partial charge is 0.387 e. The number of hydrogen-bond donors (Lipinski definition) is 2. The van der Waals surface area contributed by atoms with Gasteiger partial charge in [-0.05, 0) is 31.2 Å². The Labute approximate surface area is 128 Å². The highest BCUT2D eigenvalue weighted by Gasteiger charge is 2.13. The average Bonchev–Trinajstić information content (AvgIpc) is 2.91. The number of nitrogens with one attached hydrogen (secondary N) is 1. The van der Waals surface area contributed by atoms with Gasteiger partial charge in [-0.3, -0.25) is 4.68 Å². The van der Waals surface area contributed by atoms with Crippen molar-refractivity contribution in [1.82, 2.24) is 15.1 Å². The Hall–Kier alpha value is -1.07. The zero-order valence-corrected chi connectivity index (χ0v) is 12.6. The zero-order chi connectivity index (χ0) is 14.5. The van der Waals surface area contributed by atoms with E-state index in [1.165, 1.54) is 0 Å². The average molecular weight is 314 g/mol. The molecule has 0 saturated heterocycles. The first-order valence-electron chi connectivity index (χ1n) is 6.40. The molecule has 20 heavy (non-hydrogen) atoms. The summed E-state index contributed by atoms with van der Waals surface area (Å²) >= 11 is 12.0. The number of aliphatic hydroxyl groups is 1. The molecular formula is C14H17Cl2N3O. The van der Waals surface area contributed by atoms with Crippen molar-refractivity contribution in [3.8, 4) is 0 Å². The number of benzene rings is 1. The fourth-order valence-electron chi connectivity index (χ4n) is 1.95. The van der Waals surface area contributed by atoms with Crippen LogP contribution in [0.5, 0.6) is 0 Å². The third kappa shape index (κ3) is 4.21. The summed E-state index contributed by atoms with van der Waals surface area (Å²) in [5, 5.41) is 18.6. The minimum Gasteiger partial charge on any atom is -0.387 e. The maximum Gasteiger partial charge on any atom is 0.0929 e. The highest BCUT2D eigenvalue weighted by Crippen LogP contribution is 2.26. The van der Waals surface area contributed by atoms with Gasteiger partial charge in [-0.1, -0.05) is 23.2 Å². The fourth-order valence-corrected chi connectivity index (χ4v) is 2.37. The molecule has 1 aromatic carbocycles. The smallest absolute Gasteiger partial charge is 0.0929 e. The molecule has 2 atom stereocenters. The van der Waals surface area contributed by atoms with E-state index in [1.807, 2.05) is 23.9 Å². The normalized spacial score (nSPS) is 14.2. The third-order valence-corrected chi connectivity index (χ3v) is 3.58. The number of aromatic nitrogens is 2. The molecular weight excluding hydrogens is 297 g/mol. The van der Waals surface area contributed by atoms with Gasteiger partial charge in [0.25, 0.3) is 0 Å². The van der Waals surface area contributed by atoms with Gasteiger partial charge in [0.05, 0.1) is 12.6 Å². The van der Waals surface area contributed by atoms with E-state index >= 15 is 0 Å². The molecule has 0 radical (unpaired) electrons. The minimum atomic E-state index is -0.693. The van der Waals surface area contributed by atoms with Crippen LogP contribution in [0, 0.1) is 0 Å². The maximum absolute atomic E-state index is 10.2. The molecule has 6 heteroatoms. The molecule has 0 spiro atoms. The van der Waals surface area contributed by atoms with Crippen LogP contribution in [-0.4, -0.2) is 27.5 Å². The molecule has 0 fully saturated rings. The van der Waals surface area contributed by atoms with Crippen LogP contribution in [0.25, 0.3) is 0 Å². The number of hydrogen-bond acceptors (Lipinski definition) is 3. The Bertz CT molecular complexity index is 545. The van der Waals surface area contributed by atoms with Crippen molar-refractivity contribution < 1.29 is 5.11 Å². The lowest BCUT2D eigenvalue weighted by Crippen LogP contribution is -2.34. The lowest BCUT2D eigenvalue weighted by molar-refractivity contribution is 0.169. The monoisotopic (exact) mass is 313 g/mol. The van der Waals surface area contributed by atoms with Crippen molar-refractivity contribution in [2.75, 3.05) is 6.54 Å². The van der Waals surface area contributed by atoms with Crippen LogP contribution in [0.3, 0.4) is 0 Å². The van der Waals surface area contributed by atoms with Crippen LogP contribution in [0.4, 0.5) is 0 Å². The molecule has 0 unspecified atom stereocenters. The number of aliphatic hydroxyl groups excluding tert-OH is 1. The van der Waals surface area contributed by atoms with Crippen LogP contribution in [0.1, 0.15) is 18.6 Å². The first-order chi connectivity index (χ1) is 9.56. The van der Waals surface area contributed by atoms with E-state index in [9.17, 15) is 5.11 Å². The van der Waals surface area contributed by atoms with Gasteiger partial charge in [-0.15, -0.1) is 0 Å². The van der Waals surface area contributed by atoms with Crippen molar-refractivity contribution in [3.63, 3.8) is 0 Å². The summed E-state index contributed by atoms with van der Waals surface area (Å²) in [7, 11) is 0. The summed E-state index contributed by atoms with van der Waals surface area (Å²) in [6.45, 7) is 3.18. The molecule has 4 nitrogen and oxygen atoms in total. The van der Waals surface area contributed by atoms with Gasteiger partial charge in [-0.2, -0.15) is 5.10 Å². The summed E-state index contributed by atoms with van der Waals surface area (Å²) in [5.41, 5.74) is 0.637. The summed E-state index contributed by atoms with van der Waals surface area (Å²) in [4.78, 5) is 0. The zero-order valence-electron chi connectivity index (χ0n) is 11.1. The van der Waals surface area contributed by atoms with Crippen LogP contribution in [0.15, 0.2) is 36.7 Å². The van der Waals surface area contributed by atoms with Gasteiger partial charge in [0.1, 0.15) is 0 Å². The Morgan fingerprint density at radius 1 is 1.40 bits per heavy atom. The standard InChI is InChI=1S/C14H17Cl2N3O/c1-10(9-19-6-2-5-18-19)17-8-14(20)12-7-11(15)3-4-13(12)16/h2-7,10,14,17,20H,8-9H2,1H3/t10-,14-/m0/s1. The Morgan fingerprint density at radius 3 is 2.90 bits per heavy atom. The minimum absolute atomic E-state index is 0.183. The van der Waals surface area contributed by atoms with Gasteiger partial charge >= 0.3 is 0 Å². The van der Waals surface area contributed by atoms with Gasteiger partial charge in [0.15, 0.2) is 0 Å². The molecule has 0 bridgehead atoms. The summed E-state index contributed by atoms with van der Waals surface area (Å²) in [6.07, 6.45) is 2.96. The first kappa shape index (κ1) is 15.3. The maximum atomic E-state index is 10.2. The predicted octanol–water partition coefficient (Wildman–Crippen LogP) is 2.90. The Morgan fingerprint density at radius 2 is 2.20 bits per heavy atom. The van der Waals surface area contributed by atoms with Gasteiger partial charge in [0, 0.05) is 40.6 Å². The molecule has 1 aromatic heterocycles. The molecule has 0 aliphatic heterocycles. The molecule has 0 amide bonds. The van der Waals surface area contributed by atoms with Crippen molar-refractivity contribution in [2.45, 2.75) is 25.6 Å². The van der Waals surface area contributed by atoms with E-state index in [0.717, 1.165) is 6.54 Å². The molecule has 1 heterocycles. The van der Waals surface area contributed by atoms with Crippen LogP contribution in [-0.2, 0) is 6.54 Å². The Kier molecular flexibility index (Phi) is 5.43. The fraction of sp³-hybridized carbons (Fsp3) is 0.357. The third-order valence-electron chi connectivity index (χ3n) is 3.00. The van der Waals surface area contributed by atoms with Gasteiger partial charge in [0.2, 0.25) is 0 Å². The Balaban J connectivity index is 1.88. The van der Waals surface area contributed by atoms with Crippen molar-refractivity contribution >= 4 is 23.2 Å². The molecule has 2 aromatic rings. The predicted molar refractivity (Wildman–Crippen MR) is 81.1 cm³/mol. The first-order valence-corrected chi connectivity index (χ1v) is 7.15. The molecule has 2 rings (SSSR count). The lowest BCUT2D eigenvalue weighted by atomic mass is 10.1. The molecule has 0 aliphatic rings. The topological polar surface area (TPSA) is 50.1 Å². The van der Waals surface area contributed by atoms with E-state index in [-0.39, 0.29) is 6.04 Å². The van der Waals surface area contributed by atoms with Crippen LogP contribution < -0.4 is 5.32 Å². The van der Waals surface area contributed by atoms with Crippen LogP contribution in [0.2, 0.25) is 10.0 Å². The lowest BCUT2D eigenvalue weighted by Gasteiger charge is -2.18. The van der Waals surface area contributed by atoms with Gasteiger partial charge in [-0.25, -0.2) is 0 Å². The molecule has 0 saturated carbocycles. The van der Waals surface area contributed by atoms with Crippen molar-refractivity contribution in [2.24, 2.45) is 0 Å². The highest BCUT2D eigenvalue weighted by atomic mass is 35.5. The molecule has 2 N–H and O–H groups in total. The van der Waals surface area contributed by atoms with E-state index in [2.05, 4.69) is 10.4 Å². The van der Waals surface area contributed by atoms with E-state index in [1.54, 1.807) is 24.4 Å². The van der Waals surface area contributed by atoms with E-state index in [4.69, 9.17) is 23.2 Å². The van der Waals surface area contributed by atoms with Gasteiger partial charge < -0.3 is 10.4 Å². The number of rotatable bonds is 6. The number of nitrogens with zero attached hydrogens (tertiary/aromatic N) is 2. The van der Waals surface area contributed by atoms with Crippen molar-refractivity contribution in [1.29, 1.82) is 0 Å². The highest BCUT2D eigenvalue weighted by molar-refractivity contribution is 6.33. The van der Waals surface area contributed by atoms with E-state index in [0.29, 0.717) is 22.2 Å². The molecule has 108 valence electrons. The summed E-state index contributed by atoms with van der Waals surface area (Å²) < 4.78 is 1.84. The summed E-state index contributed by atoms with van der Waals surface area (Å²) in [5.74, 6) is 0. The molecule has 0 aliphatic carbocycles. The van der Waals surface area contributed by atoms with Crippen LogP contribution >= 0.6 is 23.2 Å². The second kappa shape index (κ2) is 7.09. The SMILES string of the molecule is C[C@@H](Cn1cccn1)NC[C@H](O)c1cc(Cl)ccc1Cl.